The van der Waals surface area contributed by atoms with Gasteiger partial charge in [0.05, 0.1) is 7.11 Å². The first kappa shape index (κ1) is 23.7. The Bertz CT molecular complexity index is 785. The number of halogens is 3. The molecular weight excluding hydrogens is 414 g/mol. The van der Waals surface area contributed by atoms with E-state index in [2.05, 4.69) is 10.2 Å². The van der Waals surface area contributed by atoms with Crippen LogP contribution >= 0.6 is 24.8 Å². The normalized spacial score (nSPS) is 22.3. The number of nitrogens with one attached hydrogen (secondary N) is 1. The van der Waals surface area contributed by atoms with Crippen LogP contribution in [0, 0.1) is 11.7 Å². The van der Waals surface area contributed by atoms with Crippen LogP contribution in [0.15, 0.2) is 42.5 Å². The summed E-state index contributed by atoms with van der Waals surface area (Å²) < 4.78 is 25.4. The quantitative estimate of drug-likeness (QED) is 0.686. The highest BCUT2D eigenvalue weighted by atomic mass is 35.5. The van der Waals surface area contributed by atoms with Crippen LogP contribution in [0.2, 0.25) is 0 Å². The minimum Gasteiger partial charge on any atom is -0.493 e. The van der Waals surface area contributed by atoms with Crippen molar-refractivity contribution in [1.29, 1.82) is 0 Å². The van der Waals surface area contributed by atoms with E-state index in [9.17, 15) is 4.39 Å². The van der Waals surface area contributed by atoms with Crippen LogP contribution in [0.3, 0.4) is 0 Å². The molecule has 0 aromatic heterocycles. The second kappa shape index (κ2) is 11.0. The summed E-state index contributed by atoms with van der Waals surface area (Å²) in [5.41, 5.74) is 1.59. The standard InChI is InChI=1S/C22H27FN2O2.2ClH/c1-26-21-8-4-6-17(13-24-20-14-25-11-9-16(20)10-12-25)22(21)27-15-18-5-2-3-7-19(18)23;;/h2-8,16,20,24H,9-15H2,1H3;2*1H. The molecule has 3 fully saturated rings. The van der Waals surface area contributed by atoms with Crippen molar-refractivity contribution in [3.05, 3.63) is 59.4 Å². The van der Waals surface area contributed by atoms with E-state index in [1.54, 1.807) is 19.2 Å². The topological polar surface area (TPSA) is 33.7 Å². The van der Waals surface area contributed by atoms with E-state index in [0.717, 1.165) is 24.6 Å². The third-order valence-electron chi connectivity index (χ3n) is 5.82. The van der Waals surface area contributed by atoms with Crippen molar-refractivity contribution in [3.8, 4) is 11.5 Å². The van der Waals surface area contributed by atoms with Crippen LogP contribution in [0.5, 0.6) is 11.5 Å². The molecule has 2 bridgehead atoms. The van der Waals surface area contributed by atoms with Crippen molar-refractivity contribution in [2.45, 2.75) is 32.0 Å². The van der Waals surface area contributed by atoms with Gasteiger partial charge in [0, 0.05) is 30.3 Å². The lowest BCUT2D eigenvalue weighted by Gasteiger charge is -2.45. The van der Waals surface area contributed by atoms with E-state index in [1.807, 2.05) is 24.3 Å². The second-order valence-corrected chi connectivity index (χ2v) is 7.45. The second-order valence-electron chi connectivity index (χ2n) is 7.45. The van der Waals surface area contributed by atoms with Crippen molar-refractivity contribution >= 4 is 24.8 Å². The smallest absolute Gasteiger partial charge is 0.166 e. The Morgan fingerprint density at radius 3 is 2.41 bits per heavy atom. The van der Waals surface area contributed by atoms with Gasteiger partial charge in [-0.25, -0.2) is 4.39 Å². The number of methoxy groups -OCH3 is 1. The first-order valence-corrected chi connectivity index (χ1v) is 9.72. The number of nitrogens with zero attached hydrogens (tertiary/aromatic N) is 1. The van der Waals surface area contributed by atoms with Gasteiger partial charge in [-0.05, 0) is 44.0 Å². The lowest BCUT2D eigenvalue weighted by Crippen LogP contribution is -2.55. The molecule has 3 heterocycles. The third kappa shape index (κ3) is 5.54. The highest BCUT2D eigenvalue weighted by Gasteiger charge is 2.33. The van der Waals surface area contributed by atoms with Crippen molar-refractivity contribution in [2.24, 2.45) is 5.92 Å². The van der Waals surface area contributed by atoms with E-state index in [4.69, 9.17) is 9.47 Å². The van der Waals surface area contributed by atoms with Gasteiger partial charge < -0.3 is 19.7 Å². The summed E-state index contributed by atoms with van der Waals surface area (Å²) in [5, 5.41) is 3.72. The summed E-state index contributed by atoms with van der Waals surface area (Å²) in [7, 11) is 1.63. The van der Waals surface area contributed by atoms with Crippen molar-refractivity contribution in [3.63, 3.8) is 0 Å². The predicted octanol–water partition coefficient (Wildman–Crippen LogP) is 4.44. The Morgan fingerprint density at radius 2 is 1.76 bits per heavy atom. The van der Waals surface area contributed by atoms with Crippen LogP contribution in [-0.2, 0) is 13.2 Å². The third-order valence-corrected chi connectivity index (χ3v) is 5.82. The van der Waals surface area contributed by atoms with E-state index < -0.39 is 0 Å². The molecule has 0 amide bonds. The molecule has 29 heavy (non-hydrogen) atoms. The zero-order chi connectivity index (χ0) is 18.6. The zero-order valence-electron chi connectivity index (χ0n) is 16.6. The van der Waals surface area contributed by atoms with Crippen molar-refractivity contribution < 1.29 is 13.9 Å². The highest BCUT2D eigenvalue weighted by molar-refractivity contribution is 5.85. The number of benzene rings is 2. The fraction of sp³-hybridized carbons (Fsp3) is 0.455. The highest BCUT2D eigenvalue weighted by Crippen LogP contribution is 2.33. The molecular formula is C22H29Cl2FN2O2. The van der Waals surface area contributed by atoms with Crippen LogP contribution in [0.4, 0.5) is 4.39 Å². The van der Waals surface area contributed by atoms with Gasteiger partial charge in [0.15, 0.2) is 11.5 Å². The Morgan fingerprint density at radius 1 is 1.03 bits per heavy atom. The largest absolute Gasteiger partial charge is 0.493 e. The van der Waals surface area contributed by atoms with Crippen molar-refractivity contribution in [2.75, 3.05) is 26.7 Å². The van der Waals surface area contributed by atoms with Gasteiger partial charge in [-0.15, -0.1) is 24.8 Å². The predicted molar refractivity (Wildman–Crippen MR) is 118 cm³/mol. The number of piperidine rings is 3. The van der Waals surface area contributed by atoms with Crippen LogP contribution in [0.1, 0.15) is 24.0 Å². The molecule has 7 heteroatoms. The monoisotopic (exact) mass is 442 g/mol. The molecule has 1 atom stereocenters. The molecule has 2 aromatic rings. The molecule has 3 saturated heterocycles. The lowest BCUT2D eigenvalue weighted by molar-refractivity contribution is 0.0718. The Kier molecular flexibility index (Phi) is 9.03. The van der Waals surface area contributed by atoms with Crippen LogP contribution in [-0.4, -0.2) is 37.7 Å². The summed E-state index contributed by atoms with van der Waals surface area (Å²) >= 11 is 0. The number of fused-ring (bicyclic) bond motifs is 3. The maximum Gasteiger partial charge on any atom is 0.166 e. The zero-order valence-corrected chi connectivity index (χ0v) is 18.2. The van der Waals surface area contributed by atoms with E-state index in [-0.39, 0.29) is 37.2 Å². The van der Waals surface area contributed by atoms with E-state index in [0.29, 0.717) is 23.1 Å². The Hall–Kier alpha value is -1.53. The number of para-hydroxylation sites is 1. The first-order chi connectivity index (χ1) is 13.2. The molecule has 5 rings (SSSR count). The summed E-state index contributed by atoms with van der Waals surface area (Å²) in [6.07, 6.45) is 2.57. The average molecular weight is 443 g/mol. The molecule has 2 aromatic carbocycles. The minimum atomic E-state index is -0.251. The number of rotatable bonds is 7. The van der Waals surface area contributed by atoms with Crippen molar-refractivity contribution in [1.82, 2.24) is 10.2 Å². The fourth-order valence-corrected chi connectivity index (χ4v) is 4.23. The van der Waals surface area contributed by atoms with Gasteiger partial charge in [-0.3, -0.25) is 0 Å². The molecule has 3 aliphatic rings. The summed E-state index contributed by atoms with van der Waals surface area (Å²) in [4.78, 5) is 2.54. The van der Waals surface area contributed by atoms with Gasteiger partial charge in [0.2, 0.25) is 0 Å². The van der Waals surface area contributed by atoms with E-state index >= 15 is 0 Å². The van der Waals surface area contributed by atoms with Gasteiger partial charge in [-0.1, -0.05) is 30.3 Å². The SMILES string of the molecule is COc1cccc(CNC2CN3CCC2CC3)c1OCc1ccccc1F.Cl.Cl. The Labute approximate surface area is 184 Å². The maximum atomic E-state index is 13.9. The molecule has 4 nitrogen and oxygen atoms in total. The van der Waals surface area contributed by atoms with Gasteiger partial charge in [0.1, 0.15) is 12.4 Å². The molecule has 160 valence electrons. The molecule has 0 saturated carbocycles. The molecule has 3 aliphatic heterocycles. The maximum absolute atomic E-state index is 13.9. The number of hydrogen-bond acceptors (Lipinski definition) is 4. The van der Waals surface area contributed by atoms with Gasteiger partial charge in [0.25, 0.3) is 0 Å². The summed E-state index contributed by atoms with van der Waals surface area (Å²) in [6.45, 7) is 4.50. The fourth-order valence-electron chi connectivity index (χ4n) is 4.23. The lowest BCUT2D eigenvalue weighted by atomic mass is 9.84. The molecule has 0 spiro atoms. The van der Waals surface area contributed by atoms with Gasteiger partial charge >= 0.3 is 0 Å². The Balaban J connectivity index is 0.00000150. The summed E-state index contributed by atoms with van der Waals surface area (Å²) in [5.74, 6) is 1.89. The summed E-state index contributed by atoms with van der Waals surface area (Å²) in [6, 6.07) is 13.1. The van der Waals surface area contributed by atoms with Gasteiger partial charge in [-0.2, -0.15) is 0 Å². The average Bonchev–Trinajstić information content (AvgIpc) is 2.72. The van der Waals surface area contributed by atoms with Crippen LogP contribution < -0.4 is 14.8 Å². The molecule has 1 unspecified atom stereocenters. The molecule has 0 aliphatic carbocycles. The van der Waals surface area contributed by atoms with Crippen LogP contribution in [0.25, 0.3) is 0 Å². The number of hydrogen-bond donors (Lipinski definition) is 1. The first-order valence-electron chi connectivity index (χ1n) is 9.72. The molecule has 0 radical (unpaired) electrons. The van der Waals surface area contributed by atoms with E-state index in [1.165, 1.54) is 32.0 Å². The number of ether oxygens (including phenoxy) is 2. The molecule has 1 N–H and O–H groups in total. The minimum absolute atomic E-state index is 0.